The predicted octanol–water partition coefficient (Wildman–Crippen LogP) is 2.63. The number of benzene rings is 1. The second-order valence-corrected chi connectivity index (χ2v) is 8.18. The highest BCUT2D eigenvalue weighted by Crippen LogP contribution is 2.25. The number of ether oxygens (including phenoxy) is 1. The summed E-state index contributed by atoms with van der Waals surface area (Å²) in [4.78, 5) is 11.4. The summed E-state index contributed by atoms with van der Waals surface area (Å²) in [5.41, 5.74) is 0.954. The van der Waals surface area contributed by atoms with Crippen LogP contribution < -0.4 is 10.1 Å². The van der Waals surface area contributed by atoms with E-state index < -0.39 is 0 Å². The number of hydrogen-bond donors (Lipinski definition) is 2. The first-order valence-electron chi connectivity index (χ1n) is 9.23. The van der Waals surface area contributed by atoms with E-state index in [9.17, 15) is 0 Å². The number of aromatic nitrogens is 3. The van der Waals surface area contributed by atoms with Gasteiger partial charge in [0.2, 0.25) is 0 Å². The van der Waals surface area contributed by atoms with Gasteiger partial charge in [0.15, 0.2) is 11.8 Å². The summed E-state index contributed by atoms with van der Waals surface area (Å²) in [6.45, 7) is 7.17. The largest absolute Gasteiger partial charge is 0.497 e. The quantitative estimate of drug-likeness (QED) is 0.606. The summed E-state index contributed by atoms with van der Waals surface area (Å²) >= 11 is 2.06. The Morgan fingerprint density at radius 1 is 1.41 bits per heavy atom. The molecule has 8 heteroatoms. The van der Waals surface area contributed by atoms with E-state index in [0.29, 0.717) is 23.5 Å². The molecule has 3 rings (SSSR count). The number of aliphatic imine (C=N–C) groups is 1. The summed E-state index contributed by atoms with van der Waals surface area (Å²) in [6.07, 6.45) is 0. The monoisotopic (exact) mass is 388 g/mol. The van der Waals surface area contributed by atoms with Crippen molar-refractivity contribution in [1.82, 2.24) is 25.4 Å². The lowest BCUT2D eigenvalue weighted by atomic mass is 10.1. The Bertz CT molecular complexity index is 758. The van der Waals surface area contributed by atoms with Crippen LogP contribution in [0.4, 0.5) is 0 Å². The van der Waals surface area contributed by atoms with Crippen molar-refractivity contribution >= 4 is 17.7 Å². The molecule has 2 heterocycles. The molecule has 0 aliphatic carbocycles. The predicted molar refractivity (Wildman–Crippen MR) is 111 cm³/mol. The van der Waals surface area contributed by atoms with Crippen molar-refractivity contribution in [3.05, 3.63) is 30.1 Å². The zero-order valence-electron chi connectivity index (χ0n) is 16.4. The fraction of sp³-hybridized carbons (Fsp3) is 0.526. The smallest absolute Gasteiger partial charge is 0.194 e. The average molecular weight is 389 g/mol. The second kappa shape index (κ2) is 9.12. The molecule has 1 unspecified atom stereocenters. The maximum absolute atomic E-state index is 5.19. The van der Waals surface area contributed by atoms with Gasteiger partial charge in [-0.1, -0.05) is 13.8 Å². The van der Waals surface area contributed by atoms with Gasteiger partial charge in [-0.05, 0) is 30.2 Å². The lowest BCUT2D eigenvalue weighted by molar-refractivity contribution is 0.380. The number of hydrogen-bond acceptors (Lipinski definition) is 5. The van der Waals surface area contributed by atoms with Crippen molar-refractivity contribution in [2.45, 2.75) is 25.6 Å². The van der Waals surface area contributed by atoms with Gasteiger partial charge >= 0.3 is 0 Å². The number of H-pyrrole nitrogens is 1. The van der Waals surface area contributed by atoms with Crippen molar-refractivity contribution < 1.29 is 4.74 Å². The number of nitrogens with zero attached hydrogens (tertiary/aromatic N) is 4. The van der Waals surface area contributed by atoms with Gasteiger partial charge in [-0.2, -0.15) is 16.9 Å². The Balaban J connectivity index is 1.59. The number of thioether (sulfide) groups is 1. The van der Waals surface area contributed by atoms with Gasteiger partial charge in [0, 0.05) is 36.7 Å². The minimum absolute atomic E-state index is 0.561. The van der Waals surface area contributed by atoms with Crippen LogP contribution in [-0.4, -0.2) is 64.3 Å². The van der Waals surface area contributed by atoms with E-state index in [4.69, 9.17) is 4.74 Å². The number of methoxy groups -OCH3 is 1. The fourth-order valence-corrected chi connectivity index (χ4v) is 4.31. The van der Waals surface area contributed by atoms with Crippen molar-refractivity contribution in [3.63, 3.8) is 0 Å². The van der Waals surface area contributed by atoms with E-state index in [1.54, 1.807) is 7.11 Å². The van der Waals surface area contributed by atoms with Crippen LogP contribution in [0, 0.1) is 5.92 Å². The number of guanidine groups is 1. The molecule has 2 aromatic rings. The van der Waals surface area contributed by atoms with Crippen molar-refractivity contribution in [2.75, 3.05) is 33.0 Å². The molecule has 1 aromatic carbocycles. The first-order chi connectivity index (χ1) is 13.1. The third kappa shape index (κ3) is 4.94. The summed E-state index contributed by atoms with van der Waals surface area (Å²) in [5.74, 6) is 5.00. The van der Waals surface area contributed by atoms with Crippen LogP contribution in [-0.2, 0) is 6.54 Å². The lowest BCUT2D eigenvalue weighted by Crippen LogP contribution is -2.48. The molecule has 1 atom stereocenters. The van der Waals surface area contributed by atoms with Gasteiger partial charge in [0.1, 0.15) is 11.6 Å². The normalized spacial score (nSPS) is 18.0. The van der Waals surface area contributed by atoms with Crippen LogP contribution in [0.2, 0.25) is 0 Å². The van der Waals surface area contributed by atoms with Gasteiger partial charge in [0.25, 0.3) is 0 Å². The average Bonchev–Trinajstić information content (AvgIpc) is 3.18. The molecule has 27 heavy (non-hydrogen) atoms. The van der Waals surface area contributed by atoms with E-state index in [1.165, 1.54) is 0 Å². The molecule has 1 saturated heterocycles. The van der Waals surface area contributed by atoms with Crippen molar-refractivity contribution in [1.29, 1.82) is 0 Å². The minimum atomic E-state index is 0.561. The summed E-state index contributed by atoms with van der Waals surface area (Å²) in [7, 11) is 3.49. The third-order valence-electron chi connectivity index (χ3n) is 4.64. The molecular formula is C19H28N6OS. The summed E-state index contributed by atoms with van der Waals surface area (Å²) < 4.78 is 5.19. The summed E-state index contributed by atoms with van der Waals surface area (Å²) in [6, 6.07) is 7.72. The molecular weight excluding hydrogens is 360 g/mol. The van der Waals surface area contributed by atoms with Gasteiger partial charge < -0.3 is 15.0 Å². The molecule has 2 N–H and O–H groups in total. The molecule has 1 fully saturated rings. The van der Waals surface area contributed by atoms with Crippen LogP contribution >= 0.6 is 11.8 Å². The first-order valence-corrected chi connectivity index (χ1v) is 10.3. The minimum Gasteiger partial charge on any atom is -0.497 e. The number of nitrogens with one attached hydrogen (secondary N) is 2. The van der Waals surface area contributed by atoms with E-state index >= 15 is 0 Å². The standard InChI is InChI=1S/C19H28N6OS/c1-13(2)16-12-25(9-10-27-16)19(20-3)21-11-17-22-18(24-23-17)14-5-7-15(26-4)8-6-14/h5-8,13,16H,9-12H2,1-4H3,(H,20,21)(H,22,23,24). The SMILES string of the molecule is CN=C(NCc1nc(-c2ccc(OC)cc2)n[nH]1)N1CCSC(C(C)C)C1. The maximum Gasteiger partial charge on any atom is 0.194 e. The zero-order chi connectivity index (χ0) is 19.2. The number of aromatic amines is 1. The van der Waals surface area contributed by atoms with Crippen molar-refractivity contribution in [3.8, 4) is 17.1 Å². The van der Waals surface area contributed by atoms with E-state index in [2.05, 4.69) is 56.0 Å². The molecule has 1 aliphatic heterocycles. The van der Waals surface area contributed by atoms with E-state index in [-0.39, 0.29) is 0 Å². The molecule has 7 nitrogen and oxygen atoms in total. The second-order valence-electron chi connectivity index (χ2n) is 6.83. The zero-order valence-corrected chi connectivity index (χ0v) is 17.2. The highest BCUT2D eigenvalue weighted by Gasteiger charge is 2.24. The molecule has 1 aliphatic rings. The first kappa shape index (κ1) is 19.5. The molecule has 1 aromatic heterocycles. The Labute approximate surface area is 165 Å². The summed E-state index contributed by atoms with van der Waals surface area (Å²) in [5, 5.41) is 11.4. The molecule has 0 radical (unpaired) electrons. The Morgan fingerprint density at radius 3 is 2.85 bits per heavy atom. The lowest BCUT2D eigenvalue weighted by Gasteiger charge is -2.36. The Kier molecular flexibility index (Phi) is 6.60. The maximum atomic E-state index is 5.19. The fourth-order valence-electron chi connectivity index (χ4n) is 3.01. The topological polar surface area (TPSA) is 78.4 Å². The molecule has 146 valence electrons. The molecule has 0 spiro atoms. The van der Waals surface area contributed by atoms with E-state index in [1.807, 2.05) is 31.3 Å². The third-order valence-corrected chi connectivity index (χ3v) is 6.18. The molecule has 0 bridgehead atoms. The highest BCUT2D eigenvalue weighted by atomic mass is 32.2. The van der Waals surface area contributed by atoms with Gasteiger partial charge in [0.05, 0.1) is 13.7 Å². The van der Waals surface area contributed by atoms with Crippen LogP contribution in [0.25, 0.3) is 11.4 Å². The van der Waals surface area contributed by atoms with Crippen LogP contribution in [0.3, 0.4) is 0 Å². The van der Waals surface area contributed by atoms with E-state index in [0.717, 1.165) is 41.9 Å². The highest BCUT2D eigenvalue weighted by molar-refractivity contribution is 8.00. The Hall–Kier alpha value is -2.22. The van der Waals surface area contributed by atoms with Crippen molar-refractivity contribution in [2.24, 2.45) is 10.9 Å². The van der Waals surface area contributed by atoms with Crippen LogP contribution in [0.15, 0.2) is 29.3 Å². The van der Waals surface area contributed by atoms with Gasteiger partial charge in [-0.25, -0.2) is 4.98 Å². The molecule has 0 amide bonds. The Morgan fingerprint density at radius 2 is 2.19 bits per heavy atom. The van der Waals surface area contributed by atoms with Gasteiger partial charge in [-0.15, -0.1) is 0 Å². The number of rotatable bonds is 5. The molecule has 0 saturated carbocycles. The van der Waals surface area contributed by atoms with Gasteiger partial charge in [-0.3, -0.25) is 10.1 Å². The van der Waals surface area contributed by atoms with Crippen LogP contribution in [0.1, 0.15) is 19.7 Å². The van der Waals surface area contributed by atoms with Crippen LogP contribution in [0.5, 0.6) is 5.75 Å².